The van der Waals surface area contributed by atoms with E-state index < -0.39 is 10.0 Å². The number of nitrogens with zero attached hydrogens (tertiary/aromatic N) is 2. The van der Waals surface area contributed by atoms with E-state index in [-0.39, 0.29) is 17.8 Å². The van der Waals surface area contributed by atoms with Crippen LogP contribution in [-0.2, 0) is 16.6 Å². The molecule has 0 radical (unpaired) electrons. The Morgan fingerprint density at radius 2 is 1.95 bits per heavy atom. The van der Waals surface area contributed by atoms with Gasteiger partial charge < -0.3 is 0 Å². The van der Waals surface area contributed by atoms with Crippen molar-refractivity contribution in [2.45, 2.75) is 51.2 Å². The largest absolute Gasteiger partial charge is 0.277 e. The first-order valence-electron chi connectivity index (χ1n) is 7.87. The molecule has 4 rings (SSSR count). The number of fused-ring (bicyclic) bond motifs is 3. The van der Waals surface area contributed by atoms with Gasteiger partial charge in [-0.15, -0.1) is 0 Å². The summed E-state index contributed by atoms with van der Waals surface area (Å²) in [6.45, 7) is 3.54. The van der Waals surface area contributed by atoms with Crippen molar-refractivity contribution in [3.05, 3.63) is 34.9 Å². The fourth-order valence-corrected chi connectivity index (χ4v) is 6.11. The van der Waals surface area contributed by atoms with Crippen LogP contribution in [0.5, 0.6) is 0 Å². The summed E-state index contributed by atoms with van der Waals surface area (Å²) in [7, 11) is -3.13. The molecule has 2 heterocycles. The van der Waals surface area contributed by atoms with Gasteiger partial charge in [0.2, 0.25) is 10.0 Å². The minimum Gasteiger partial charge on any atom is -0.277 e. The first-order chi connectivity index (χ1) is 10.0. The summed E-state index contributed by atoms with van der Waals surface area (Å²) < 4.78 is 27.2. The van der Waals surface area contributed by atoms with Crippen LogP contribution in [0.25, 0.3) is 0 Å². The summed E-state index contributed by atoms with van der Waals surface area (Å²) in [5.74, 6) is 0.250. The van der Waals surface area contributed by atoms with Crippen LogP contribution in [-0.4, -0.2) is 36.1 Å². The zero-order chi connectivity index (χ0) is 14.6. The van der Waals surface area contributed by atoms with Gasteiger partial charge in [0.1, 0.15) is 0 Å². The second-order valence-corrected chi connectivity index (χ2v) is 8.68. The quantitative estimate of drug-likeness (QED) is 0.800. The van der Waals surface area contributed by atoms with Crippen molar-refractivity contribution in [1.82, 2.24) is 9.21 Å². The molecule has 2 fully saturated rings. The van der Waals surface area contributed by atoms with Crippen LogP contribution in [0.2, 0.25) is 0 Å². The fourth-order valence-electron chi connectivity index (χ4n) is 4.14. The highest BCUT2D eigenvalue weighted by Gasteiger charge is 2.44. The van der Waals surface area contributed by atoms with Crippen molar-refractivity contribution in [3.8, 4) is 0 Å². The van der Waals surface area contributed by atoms with E-state index in [1.807, 2.05) is 0 Å². The van der Waals surface area contributed by atoms with E-state index in [1.165, 1.54) is 29.5 Å². The smallest absolute Gasteiger partial charge is 0.217 e. The van der Waals surface area contributed by atoms with Crippen LogP contribution in [0.1, 0.15) is 48.4 Å². The number of aryl methyl sites for hydroxylation is 1. The summed E-state index contributed by atoms with van der Waals surface area (Å²) in [6, 6.07) is 6.75. The van der Waals surface area contributed by atoms with E-state index in [0.717, 1.165) is 19.4 Å². The van der Waals surface area contributed by atoms with Crippen molar-refractivity contribution in [3.63, 3.8) is 0 Å². The van der Waals surface area contributed by atoms with E-state index in [1.54, 1.807) is 4.31 Å². The zero-order valence-corrected chi connectivity index (χ0v) is 13.3. The minimum absolute atomic E-state index is 0.0579. The van der Waals surface area contributed by atoms with Gasteiger partial charge in [-0.2, -0.15) is 4.31 Å². The van der Waals surface area contributed by atoms with E-state index in [4.69, 9.17) is 0 Å². The predicted molar refractivity (Wildman–Crippen MR) is 82.2 cm³/mol. The topological polar surface area (TPSA) is 40.6 Å². The first-order valence-corrected chi connectivity index (χ1v) is 9.48. The van der Waals surface area contributed by atoms with Gasteiger partial charge in [0.15, 0.2) is 0 Å². The molecule has 4 nitrogen and oxygen atoms in total. The monoisotopic (exact) mass is 306 g/mol. The lowest BCUT2D eigenvalue weighted by Crippen LogP contribution is -2.52. The fraction of sp³-hybridized carbons (Fsp3) is 0.625. The molecule has 1 saturated carbocycles. The van der Waals surface area contributed by atoms with Gasteiger partial charge in [0.25, 0.3) is 0 Å². The van der Waals surface area contributed by atoms with Gasteiger partial charge in [-0.25, -0.2) is 8.42 Å². The Kier molecular flexibility index (Phi) is 3.14. The van der Waals surface area contributed by atoms with Gasteiger partial charge in [-0.3, -0.25) is 4.90 Å². The lowest BCUT2D eigenvalue weighted by Gasteiger charge is -2.40. The maximum absolute atomic E-state index is 12.7. The highest BCUT2D eigenvalue weighted by atomic mass is 32.2. The van der Waals surface area contributed by atoms with Crippen LogP contribution < -0.4 is 0 Å². The van der Waals surface area contributed by atoms with E-state index in [9.17, 15) is 8.42 Å². The summed E-state index contributed by atoms with van der Waals surface area (Å²) in [5.41, 5.74) is 3.74. The Morgan fingerprint density at radius 1 is 1.19 bits per heavy atom. The molecule has 1 unspecified atom stereocenters. The van der Waals surface area contributed by atoms with E-state index in [2.05, 4.69) is 30.0 Å². The molecule has 1 atom stereocenters. The molecular formula is C16H22N2O2S. The Labute approximate surface area is 126 Å². The third-order valence-corrected chi connectivity index (χ3v) is 7.12. The number of hydrogen-bond donors (Lipinski definition) is 0. The SMILES string of the molecule is Cc1ccc2c(c1)C1CS(=O)(=O)N(C3CCCC3)CN1C2. The molecule has 21 heavy (non-hydrogen) atoms. The molecule has 0 N–H and O–H groups in total. The minimum atomic E-state index is -3.13. The van der Waals surface area contributed by atoms with Crippen LogP contribution in [0, 0.1) is 6.92 Å². The third kappa shape index (κ3) is 2.22. The molecule has 2 aliphatic heterocycles. The molecule has 1 saturated heterocycles. The Bertz CT molecular complexity index is 665. The van der Waals surface area contributed by atoms with Gasteiger partial charge in [-0.1, -0.05) is 36.6 Å². The Balaban J connectivity index is 1.66. The molecule has 114 valence electrons. The van der Waals surface area contributed by atoms with Gasteiger partial charge in [0.05, 0.1) is 18.5 Å². The summed E-state index contributed by atoms with van der Waals surface area (Å²) in [4.78, 5) is 2.34. The average molecular weight is 306 g/mol. The molecule has 1 aromatic rings. The normalized spacial score (nSPS) is 29.5. The first kappa shape index (κ1) is 13.7. The molecular weight excluding hydrogens is 284 g/mol. The van der Waals surface area contributed by atoms with Gasteiger partial charge >= 0.3 is 0 Å². The van der Waals surface area contributed by atoms with Crippen LogP contribution in [0.15, 0.2) is 18.2 Å². The predicted octanol–water partition coefficient (Wildman–Crippen LogP) is 2.40. The van der Waals surface area contributed by atoms with Crippen molar-refractivity contribution >= 4 is 10.0 Å². The third-order valence-electron chi connectivity index (χ3n) is 5.25. The molecule has 0 bridgehead atoms. The number of sulfonamides is 1. The van der Waals surface area contributed by atoms with E-state index in [0.29, 0.717) is 6.67 Å². The highest BCUT2D eigenvalue weighted by molar-refractivity contribution is 7.89. The maximum Gasteiger partial charge on any atom is 0.217 e. The summed E-state index contributed by atoms with van der Waals surface area (Å²) in [5, 5.41) is 0. The van der Waals surface area contributed by atoms with Crippen molar-refractivity contribution in [2.75, 3.05) is 12.4 Å². The van der Waals surface area contributed by atoms with Crippen LogP contribution in [0.4, 0.5) is 0 Å². The second kappa shape index (κ2) is 4.80. The molecule has 0 aromatic heterocycles. The van der Waals surface area contributed by atoms with Crippen LogP contribution in [0.3, 0.4) is 0 Å². The van der Waals surface area contributed by atoms with Crippen molar-refractivity contribution in [2.24, 2.45) is 0 Å². The zero-order valence-electron chi connectivity index (χ0n) is 12.5. The van der Waals surface area contributed by atoms with Crippen molar-refractivity contribution < 1.29 is 8.42 Å². The number of rotatable bonds is 1. The number of benzene rings is 1. The van der Waals surface area contributed by atoms with Gasteiger partial charge in [0, 0.05) is 12.6 Å². The Hall–Kier alpha value is -0.910. The van der Waals surface area contributed by atoms with E-state index >= 15 is 0 Å². The lowest BCUT2D eigenvalue weighted by molar-refractivity contribution is 0.118. The maximum atomic E-state index is 12.7. The molecule has 1 aromatic carbocycles. The second-order valence-electron chi connectivity index (χ2n) is 6.71. The highest BCUT2D eigenvalue weighted by Crippen LogP contribution is 2.40. The number of hydrogen-bond acceptors (Lipinski definition) is 3. The summed E-state index contributed by atoms with van der Waals surface area (Å²) >= 11 is 0. The summed E-state index contributed by atoms with van der Waals surface area (Å²) in [6.07, 6.45) is 4.40. The Morgan fingerprint density at radius 3 is 2.71 bits per heavy atom. The average Bonchev–Trinajstić information content (AvgIpc) is 3.05. The lowest BCUT2D eigenvalue weighted by atomic mass is 10.0. The molecule has 3 aliphatic rings. The molecule has 5 heteroatoms. The van der Waals surface area contributed by atoms with Crippen LogP contribution >= 0.6 is 0 Å². The van der Waals surface area contributed by atoms with Gasteiger partial charge in [-0.05, 0) is 30.9 Å². The molecule has 1 aliphatic carbocycles. The van der Waals surface area contributed by atoms with Crippen molar-refractivity contribution in [1.29, 1.82) is 0 Å². The standard InChI is InChI=1S/C16H22N2O2S/c1-12-6-7-13-9-17-11-18(14-4-2-3-5-14)21(19,20)10-16(17)15(13)8-12/h6-8,14,16H,2-5,9-11H2,1H3. The molecule has 0 amide bonds. The molecule has 0 spiro atoms.